The highest BCUT2D eigenvalue weighted by atomic mass is 16.1. The second-order valence-corrected chi connectivity index (χ2v) is 6.56. The zero-order valence-electron chi connectivity index (χ0n) is 14.9. The number of aromatic amines is 1. The number of para-hydroxylation sites is 2. The number of aromatic nitrogens is 3. The summed E-state index contributed by atoms with van der Waals surface area (Å²) in [7, 11) is 0. The number of fused-ring (bicyclic) bond motifs is 2. The number of nitrogens with zero attached hydrogens (tertiary/aromatic N) is 2. The molecule has 0 saturated carbocycles. The fraction of sp³-hybridized carbons (Fsp3) is 0. The Hall–Kier alpha value is -3.99. The van der Waals surface area contributed by atoms with Gasteiger partial charge in [0.2, 0.25) is 5.78 Å². The SMILES string of the molecule is O=C(c1ccccc1Nc1ccc2cnccc2c1)c1n[nH]c2ccccc12. The summed E-state index contributed by atoms with van der Waals surface area (Å²) in [5, 5.41) is 13.5. The summed E-state index contributed by atoms with van der Waals surface area (Å²) in [4.78, 5) is 17.4. The Morgan fingerprint density at radius 1 is 0.893 bits per heavy atom. The average molecular weight is 364 g/mol. The van der Waals surface area contributed by atoms with Gasteiger partial charge in [0, 0.05) is 40.1 Å². The molecule has 2 heterocycles. The maximum absolute atomic E-state index is 13.2. The normalized spacial score (nSPS) is 11.0. The number of hydrogen-bond donors (Lipinski definition) is 2. The van der Waals surface area contributed by atoms with Gasteiger partial charge in [-0.1, -0.05) is 36.4 Å². The zero-order chi connectivity index (χ0) is 18.9. The van der Waals surface area contributed by atoms with Crippen molar-refractivity contribution in [3.63, 3.8) is 0 Å². The Balaban J connectivity index is 1.54. The van der Waals surface area contributed by atoms with Gasteiger partial charge in [-0.25, -0.2) is 0 Å². The lowest BCUT2D eigenvalue weighted by Gasteiger charge is -2.11. The second-order valence-electron chi connectivity index (χ2n) is 6.56. The van der Waals surface area contributed by atoms with E-state index in [1.165, 1.54) is 0 Å². The summed E-state index contributed by atoms with van der Waals surface area (Å²) >= 11 is 0. The molecule has 2 aromatic heterocycles. The average Bonchev–Trinajstić information content (AvgIpc) is 3.18. The van der Waals surface area contributed by atoms with Crippen LogP contribution in [0.4, 0.5) is 11.4 Å². The van der Waals surface area contributed by atoms with Crippen molar-refractivity contribution in [2.24, 2.45) is 0 Å². The highest BCUT2D eigenvalue weighted by Gasteiger charge is 2.19. The summed E-state index contributed by atoms with van der Waals surface area (Å²) in [6.45, 7) is 0. The lowest BCUT2D eigenvalue weighted by molar-refractivity contribution is 0.103. The molecule has 2 N–H and O–H groups in total. The van der Waals surface area contributed by atoms with E-state index in [4.69, 9.17) is 0 Å². The molecule has 0 aliphatic carbocycles. The van der Waals surface area contributed by atoms with E-state index in [9.17, 15) is 4.79 Å². The van der Waals surface area contributed by atoms with Crippen LogP contribution in [-0.4, -0.2) is 21.0 Å². The highest BCUT2D eigenvalue weighted by molar-refractivity contribution is 6.17. The van der Waals surface area contributed by atoms with Crippen LogP contribution in [0.5, 0.6) is 0 Å². The predicted octanol–water partition coefficient (Wildman–Crippen LogP) is 5.09. The Bertz CT molecular complexity index is 1320. The Labute approximate surface area is 161 Å². The zero-order valence-corrected chi connectivity index (χ0v) is 14.9. The number of carbonyl (C=O) groups is 1. The van der Waals surface area contributed by atoms with Crippen LogP contribution in [0.25, 0.3) is 21.7 Å². The van der Waals surface area contributed by atoms with Crippen LogP contribution in [0.3, 0.4) is 0 Å². The van der Waals surface area contributed by atoms with Gasteiger partial charge in [-0.15, -0.1) is 0 Å². The van der Waals surface area contributed by atoms with Crippen molar-refractivity contribution in [2.45, 2.75) is 0 Å². The van der Waals surface area contributed by atoms with Gasteiger partial charge in [-0.2, -0.15) is 5.10 Å². The third-order valence-corrected chi connectivity index (χ3v) is 4.78. The molecular formula is C23H16N4O. The molecule has 5 aromatic rings. The van der Waals surface area contributed by atoms with E-state index in [0.29, 0.717) is 11.3 Å². The number of rotatable bonds is 4. The van der Waals surface area contributed by atoms with Crippen molar-refractivity contribution in [3.8, 4) is 0 Å². The van der Waals surface area contributed by atoms with E-state index in [1.807, 2.05) is 79.0 Å². The van der Waals surface area contributed by atoms with Crippen LogP contribution in [0.1, 0.15) is 16.1 Å². The fourth-order valence-corrected chi connectivity index (χ4v) is 3.37. The molecule has 5 nitrogen and oxygen atoms in total. The summed E-state index contributed by atoms with van der Waals surface area (Å²) < 4.78 is 0. The molecule has 0 unspecified atom stereocenters. The van der Waals surface area contributed by atoms with E-state index in [1.54, 1.807) is 6.20 Å². The van der Waals surface area contributed by atoms with Crippen molar-refractivity contribution in [2.75, 3.05) is 5.32 Å². The third-order valence-electron chi connectivity index (χ3n) is 4.78. The lowest BCUT2D eigenvalue weighted by atomic mass is 10.0. The largest absolute Gasteiger partial charge is 0.355 e. The molecule has 5 rings (SSSR count). The quantitative estimate of drug-likeness (QED) is 0.436. The molecule has 0 spiro atoms. The number of carbonyl (C=O) groups excluding carboxylic acids is 1. The van der Waals surface area contributed by atoms with Crippen molar-refractivity contribution >= 4 is 38.8 Å². The summed E-state index contributed by atoms with van der Waals surface area (Å²) in [5.41, 5.74) is 3.50. The summed E-state index contributed by atoms with van der Waals surface area (Å²) in [5.74, 6) is -0.120. The Morgan fingerprint density at radius 2 is 1.75 bits per heavy atom. The minimum absolute atomic E-state index is 0.120. The first-order valence-electron chi connectivity index (χ1n) is 8.97. The molecule has 0 bridgehead atoms. The van der Waals surface area contributed by atoms with Crippen LogP contribution in [0, 0.1) is 0 Å². The van der Waals surface area contributed by atoms with Crippen molar-refractivity contribution in [1.29, 1.82) is 0 Å². The number of hydrogen-bond acceptors (Lipinski definition) is 4. The molecule has 0 aliphatic heterocycles. The summed E-state index contributed by atoms with van der Waals surface area (Å²) in [6.07, 6.45) is 3.60. The van der Waals surface area contributed by atoms with Crippen molar-refractivity contribution in [3.05, 3.63) is 96.4 Å². The molecule has 0 atom stereocenters. The van der Waals surface area contributed by atoms with Crippen LogP contribution in [-0.2, 0) is 0 Å². The Morgan fingerprint density at radius 3 is 2.71 bits per heavy atom. The van der Waals surface area contributed by atoms with E-state index >= 15 is 0 Å². The molecule has 134 valence electrons. The maximum Gasteiger partial charge on any atom is 0.215 e. The molecule has 0 aliphatic rings. The number of anilines is 2. The monoisotopic (exact) mass is 364 g/mol. The van der Waals surface area contributed by atoms with Gasteiger partial charge in [0.1, 0.15) is 5.69 Å². The molecule has 0 amide bonds. The van der Waals surface area contributed by atoms with Crippen LogP contribution in [0.15, 0.2) is 85.2 Å². The highest BCUT2D eigenvalue weighted by Crippen LogP contribution is 2.27. The molecule has 0 saturated heterocycles. The first kappa shape index (κ1) is 16.2. The van der Waals surface area contributed by atoms with Crippen LogP contribution < -0.4 is 5.32 Å². The minimum Gasteiger partial charge on any atom is -0.355 e. The van der Waals surface area contributed by atoms with Gasteiger partial charge in [-0.3, -0.25) is 14.9 Å². The summed E-state index contributed by atoms with van der Waals surface area (Å²) in [6, 6.07) is 23.1. The number of pyridine rings is 1. The third kappa shape index (κ3) is 2.79. The molecule has 5 heteroatoms. The number of benzene rings is 3. The van der Waals surface area contributed by atoms with Gasteiger partial charge in [0.05, 0.1) is 5.52 Å². The molecule has 3 aromatic carbocycles. The van der Waals surface area contributed by atoms with Crippen molar-refractivity contribution < 1.29 is 4.79 Å². The minimum atomic E-state index is -0.120. The number of nitrogens with one attached hydrogen (secondary N) is 2. The van der Waals surface area contributed by atoms with Gasteiger partial charge >= 0.3 is 0 Å². The van der Waals surface area contributed by atoms with Crippen molar-refractivity contribution in [1.82, 2.24) is 15.2 Å². The number of H-pyrrole nitrogens is 1. The van der Waals surface area contributed by atoms with Gasteiger partial charge in [-0.05, 0) is 41.8 Å². The predicted molar refractivity (Wildman–Crippen MR) is 111 cm³/mol. The van der Waals surface area contributed by atoms with Gasteiger partial charge in [0.15, 0.2) is 0 Å². The van der Waals surface area contributed by atoms with Crippen LogP contribution >= 0.6 is 0 Å². The molecule has 0 fully saturated rings. The fourth-order valence-electron chi connectivity index (χ4n) is 3.37. The second kappa shape index (κ2) is 6.63. The first-order chi connectivity index (χ1) is 13.8. The molecule has 0 radical (unpaired) electrons. The number of ketones is 1. The van der Waals surface area contributed by atoms with E-state index in [0.717, 1.165) is 33.1 Å². The lowest BCUT2D eigenvalue weighted by Crippen LogP contribution is -2.06. The van der Waals surface area contributed by atoms with Gasteiger partial charge in [0.25, 0.3) is 0 Å². The maximum atomic E-state index is 13.2. The van der Waals surface area contributed by atoms with E-state index < -0.39 is 0 Å². The topological polar surface area (TPSA) is 70.7 Å². The standard InChI is InChI=1S/C23H16N4O/c28-23(22-18-5-1-4-8-21(18)26-27-22)19-6-2-3-7-20(19)25-17-10-9-16-14-24-12-11-15(16)13-17/h1-14,25H,(H,26,27). The first-order valence-corrected chi connectivity index (χ1v) is 8.97. The van der Waals surface area contributed by atoms with E-state index in [-0.39, 0.29) is 5.78 Å². The van der Waals surface area contributed by atoms with E-state index in [2.05, 4.69) is 20.5 Å². The van der Waals surface area contributed by atoms with Crippen LogP contribution in [0.2, 0.25) is 0 Å². The van der Waals surface area contributed by atoms with Gasteiger partial charge < -0.3 is 5.32 Å². The Kier molecular flexibility index (Phi) is 3.84. The molecule has 28 heavy (non-hydrogen) atoms. The smallest absolute Gasteiger partial charge is 0.215 e. The molecular weight excluding hydrogens is 348 g/mol.